The molecule has 1 aromatic carbocycles. The van der Waals surface area contributed by atoms with Gasteiger partial charge < -0.3 is 20.6 Å². The lowest BCUT2D eigenvalue weighted by Gasteiger charge is -2.11. The van der Waals surface area contributed by atoms with Gasteiger partial charge in [0, 0.05) is 18.7 Å². The molecule has 7 nitrogen and oxygen atoms in total. The molecule has 1 heterocycles. The van der Waals surface area contributed by atoms with E-state index >= 15 is 0 Å². The van der Waals surface area contributed by atoms with E-state index in [1.54, 1.807) is 25.1 Å². The Labute approximate surface area is 127 Å². The van der Waals surface area contributed by atoms with Gasteiger partial charge >= 0.3 is 11.1 Å². The average Bonchev–Trinajstić information content (AvgIpc) is 2.53. The van der Waals surface area contributed by atoms with Crippen LogP contribution in [0, 0.1) is 5.92 Å². The molecule has 4 N–H and O–H groups in total. The highest BCUT2D eigenvalue weighted by atomic mass is 16.2. The summed E-state index contributed by atoms with van der Waals surface area (Å²) in [5.74, 6) is -0.0493. The maximum atomic E-state index is 12.1. The van der Waals surface area contributed by atoms with E-state index in [1.807, 2.05) is 6.92 Å². The zero-order valence-corrected chi connectivity index (χ0v) is 12.7. The maximum absolute atomic E-state index is 12.1. The molecular weight excluding hydrogens is 284 g/mol. The third-order valence-corrected chi connectivity index (χ3v) is 3.57. The molecule has 0 spiro atoms. The molecule has 0 bridgehead atoms. The van der Waals surface area contributed by atoms with Gasteiger partial charge in [-0.15, -0.1) is 0 Å². The van der Waals surface area contributed by atoms with Crippen LogP contribution in [-0.2, 0) is 6.54 Å². The molecule has 0 saturated heterocycles. The molecule has 0 aliphatic heterocycles. The summed E-state index contributed by atoms with van der Waals surface area (Å²) in [4.78, 5) is 38.0. The Bertz CT molecular complexity index is 807. The predicted molar refractivity (Wildman–Crippen MR) is 85.1 cm³/mol. The minimum atomic E-state index is -0.691. The lowest BCUT2D eigenvalue weighted by atomic mass is 10.1. The van der Waals surface area contributed by atoms with Gasteiger partial charge in [0.2, 0.25) is 0 Å². The number of nitrogens with two attached hydrogens (primary N) is 1. The number of hydrogen-bond acceptors (Lipinski definition) is 4. The number of nitrogens with one attached hydrogen (secondary N) is 2. The van der Waals surface area contributed by atoms with Crippen LogP contribution in [0.1, 0.15) is 24.2 Å². The van der Waals surface area contributed by atoms with E-state index in [-0.39, 0.29) is 11.8 Å². The average molecular weight is 304 g/mol. The Morgan fingerprint density at radius 2 is 2.14 bits per heavy atom. The van der Waals surface area contributed by atoms with Gasteiger partial charge in [0.25, 0.3) is 5.91 Å². The van der Waals surface area contributed by atoms with Crippen LogP contribution < -0.4 is 22.2 Å². The van der Waals surface area contributed by atoms with Crippen molar-refractivity contribution in [2.75, 3.05) is 13.1 Å². The molecule has 1 unspecified atom stereocenters. The molecule has 1 atom stereocenters. The largest absolute Gasteiger partial charge is 0.352 e. The molecule has 7 heteroatoms. The van der Waals surface area contributed by atoms with Crippen molar-refractivity contribution in [1.82, 2.24) is 14.9 Å². The van der Waals surface area contributed by atoms with Crippen molar-refractivity contribution in [3.8, 4) is 0 Å². The molecule has 1 amide bonds. The Morgan fingerprint density at radius 1 is 1.41 bits per heavy atom. The van der Waals surface area contributed by atoms with Crippen molar-refractivity contribution >= 4 is 16.9 Å². The van der Waals surface area contributed by atoms with Crippen LogP contribution in [0.15, 0.2) is 27.8 Å². The fourth-order valence-electron chi connectivity index (χ4n) is 2.19. The normalized spacial score (nSPS) is 12.3. The standard InChI is InChI=1S/C15H20N4O3/c1-3-19-12-5-4-10(13(20)17-8-9(2)7-16)6-11(12)18-14(21)15(19)22/h4-6,9H,3,7-8,16H2,1-2H3,(H,17,20)(H,18,21). The second-order valence-corrected chi connectivity index (χ2v) is 5.29. The Morgan fingerprint density at radius 3 is 2.77 bits per heavy atom. The number of carbonyl (C=O) groups excluding carboxylic acids is 1. The molecule has 0 radical (unpaired) electrons. The van der Waals surface area contributed by atoms with E-state index in [0.717, 1.165) is 0 Å². The lowest BCUT2D eigenvalue weighted by Crippen LogP contribution is -2.36. The summed E-state index contributed by atoms with van der Waals surface area (Å²) in [7, 11) is 0. The summed E-state index contributed by atoms with van der Waals surface area (Å²) >= 11 is 0. The van der Waals surface area contributed by atoms with Crippen LogP contribution in [0.4, 0.5) is 0 Å². The van der Waals surface area contributed by atoms with E-state index in [4.69, 9.17) is 5.73 Å². The van der Waals surface area contributed by atoms with Crippen molar-refractivity contribution < 1.29 is 4.79 Å². The van der Waals surface area contributed by atoms with Gasteiger partial charge in [-0.2, -0.15) is 0 Å². The van der Waals surface area contributed by atoms with Crippen LogP contribution >= 0.6 is 0 Å². The molecule has 22 heavy (non-hydrogen) atoms. The zero-order valence-electron chi connectivity index (χ0n) is 12.7. The molecule has 1 aromatic heterocycles. The van der Waals surface area contributed by atoms with Crippen molar-refractivity contribution in [3.63, 3.8) is 0 Å². The zero-order chi connectivity index (χ0) is 16.3. The summed E-state index contributed by atoms with van der Waals surface area (Å²) in [6.07, 6.45) is 0. The van der Waals surface area contributed by atoms with Gasteiger partial charge in [-0.3, -0.25) is 14.4 Å². The Balaban J connectivity index is 2.39. The highest BCUT2D eigenvalue weighted by Gasteiger charge is 2.11. The predicted octanol–water partition coefficient (Wildman–Crippen LogP) is 0.0343. The number of rotatable bonds is 5. The van der Waals surface area contributed by atoms with Crippen molar-refractivity contribution in [2.24, 2.45) is 11.7 Å². The minimum absolute atomic E-state index is 0.189. The monoisotopic (exact) mass is 304 g/mol. The second kappa shape index (κ2) is 6.57. The summed E-state index contributed by atoms with van der Waals surface area (Å²) in [6.45, 7) is 5.10. The lowest BCUT2D eigenvalue weighted by molar-refractivity contribution is 0.0948. The van der Waals surface area contributed by atoms with Crippen LogP contribution in [0.2, 0.25) is 0 Å². The Kier molecular flexibility index (Phi) is 4.77. The molecule has 0 aliphatic rings. The van der Waals surface area contributed by atoms with E-state index < -0.39 is 11.1 Å². The minimum Gasteiger partial charge on any atom is -0.352 e. The SMILES string of the molecule is CCn1c(=O)c(=O)[nH]c2cc(C(=O)NCC(C)CN)ccc21. The first-order chi connectivity index (χ1) is 10.5. The molecule has 0 saturated carbocycles. The molecule has 118 valence electrons. The first-order valence-corrected chi connectivity index (χ1v) is 7.23. The first kappa shape index (κ1) is 16.0. The van der Waals surface area contributed by atoms with Gasteiger partial charge in [-0.1, -0.05) is 6.92 Å². The van der Waals surface area contributed by atoms with Crippen molar-refractivity contribution in [2.45, 2.75) is 20.4 Å². The van der Waals surface area contributed by atoms with Crippen LogP contribution in [0.25, 0.3) is 11.0 Å². The summed E-state index contributed by atoms with van der Waals surface area (Å²) in [5.41, 5.74) is 5.71. The highest BCUT2D eigenvalue weighted by Crippen LogP contribution is 2.11. The number of aryl methyl sites for hydroxylation is 1. The molecule has 0 fully saturated rings. The van der Waals surface area contributed by atoms with Gasteiger partial charge in [0.15, 0.2) is 0 Å². The molecule has 2 rings (SSSR count). The third-order valence-electron chi connectivity index (χ3n) is 3.57. The number of benzene rings is 1. The molecular formula is C15H20N4O3. The number of H-pyrrole nitrogens is 1. The summed E-state index contributed by atoms with van der Waals surface area (Å²) in [5, 5.41) is 2.79. The number of nitrogens with zero attached hydrogens (tertiary/aromatic N) is 1. The quantitative estimate of drug-likeness (QED) is 0.677. The second-order valence-electron chi connectivity index (χ2n) is 5.29. The number of aromatic nitrogens is 2. The summed E-state index contributed by atoms with van der Waals surface area (Å²) in [6, 6.07) is 4.87. The van der Waals surface area contributed by atoms with E-state index in [1.165, 1.54) is 4.57 Å². The maximum Gasteiger partial charge on any atom is 0.316 e. The van der Waals surface area contributed by atoms with Crippen LogP contribution in [-0.4, -0.2) is 28.5 Å². The smallest absolute Gasteiger partial charge is 0.316 e. The molecule has 2 aromatic rings. The third kappa shape index (κ3) is 3.09. The fraction of sp³-hybridized carbons (Fsp3) is 0.400. The van der Waals surface area contributed by atoms with Gasteiger partial charge in [-0.05, 0) is 37.6 Å². The highest BCUT2D eigenvalue weighted by molar-refractivity contribution is 5.97. The fourth-order valence-corrected chi connectivity index (χ4v) is 2.19. The van der Waals surface area contributed by atoms with Gasteiger partial charge in [0.1, 0.15) is 0 Å². The van der Waals surface area contributed by atoms with Crippen LogP contribution in [0.5, 0.6) is 0 Å². The van der Waals surface area contributed by atoms with Gasteiger partial charge in [-0.25, -0.2) is 0 Å². The van der Waals surface area contributed by atoms with E-state index in [9.17, 15) is 14.4 Å². The number of amides is 1. The summed E-state index contributed by atoms with van der Waals surface area (Å²) < 4.78 is 1.38. The van der Waals surface area contributed by atoms with Gasteiger partial charge in [0.05, 0.1) is 11.0 Å². The molecule has 0 aliphatic carbocycles. The van der Waals surface area contributed by atoms with Crippen molar-refractivity contribution in [3.05, 3.63) is 44.5 Å². The van der Waals surface area contributed by atoms with E-state index in [0.29, 0.717) is 36.2 Å². The van der Waals surface area contributed by atoms with E-state index in [2.05, 4.69) is 10.3 Å². The van der Waals surface area contributed by atoms with Crippen LogP contribution in [0.3, 0.4) is 0 Å². The number of aromatic amines is 1. The number of carbonyl (C=O) groups is 1. The Hall–Kier alpha value is -2.41. The number of hydrogen-bond donors (Lipinski definition) is 3. The number of fused-ring (bicyclic) bond motifs is 1. The topological polar surface area (TPSA) is 110 Å². The van der Waals surface area contributed by atoms with Crippen molar-refractivity contribution in [1.29, 1.82) is 0 Å². The first-order valence-electron chi connectivity index (χ1n) is 7.23.